The number of carbonyl (C=O) groups is 3. The highest BCUT2D eigenvalue weighted by molar-refractivity contribution is 5.87. The first-order valence-corrected chi connectivity index (χ1v) is 16.8. The molecule has 3 aromatic rings. The fourth-order valence-electron chi connectivity index (χ4n) is 6.95. The third kappa shape index (κ3) is 9.50. The summed E-state index contributed by atoms with van der Waals surface area (Å²) in [6.07, 6.45) is 16.7. The molecular weight excluding hydrogens is 592 g/mol. The molecule has 1 fully saturated rings. The second-order valence-corrected chi connectivity index (χ2v) is 12.9. The predicted molar refractivity (Wildman–Crippen MR) is 181 cm³/mol. The van der Waals surface area contributed by atoms with Crippen LogP contribution in [0.4, 0.5) is 0 Å². The lowest BCUT2D eigenvalue weighted by Crippen LogP contribution is -2.42. The summed E-state index contributed by atoms with van der Waals surface area (Å²) in [4.78, 5) is 47.4. The average Bonchev–Trinajstić information content (AvgIpc) is 3.11. The molecule has 0 spiro atoms. The van der Waals surface area contributed by atoms with Crippen molar-refractivity contribution in [3.63, 3.8) is 0 Å². The number of carboxylic acids is 1. The molecule has 2 N–H and O–H groups in total. The Kier molecular flexibility index (Phi) is 11.8. The van der Waals surface area contributed by atoms with E-state index in [-0.39, 0.29) is 25.4 Å². The van der Waals surface area contributed by atoms with Gasteiger partial charge in [-0.25, -0.2) is 9.97 Å². The quantitative estimate of drug-likeness (QED) is 0.225. The molecule has 1 unspecified atom stereocenters. The van der Waals surface area contributed by atoms with Crippen LogP contribution in [0.2, 0.25) is 0 Å². The SMILES string of the molecule is CCC1CCC(C2CC=C(c3cnc(-c4ccc(CN(CC(=O)O)C(=O)CNC(=O)Cc5cccc(OC)c5)cc4)nc3)CC2)CC1. The number of hydrogen-bond donors (Lipinski definition) is 2. The lowest BCUT2D eigenvalue weighted by molar-refractivity contribution is -0.144. The van der Waals surface area contributed by atoms with E-state index in [0.29, 0.717) is 11.6 Å². The minimum absolute atomic E-state index is 0.0753. The first-order chi connectivity index (χ1) is 22.8. The Hall–Kier alpha value is -4.53. The summed E-state index contributed by atoms with van der Waals surface area (Å²) in [6, 6.07) is 14.6. The van der Waals surface area contributed by atoms with Crippen molar-refractivity contribution in [2.24, 2.45) is 17.8 Å². The van der Waals surface area contributed by atoms with Crippen LogP contribution in [-0.2, 0) is 27.3 Å². The Bertz CT molecular complexity index is 1540. The van der Waals surface area contributed by atoms with Crippen molar-refractivity contribution in [2.75, 3.05) is 20.2 Å². The monoisotopic (exact) mass is 638 g/mol. The predicted octanol–water partition coefficient (Wildman–Crippen LogP) is 6.32. The number of ether oxygens (including phenoxy) is 1. The van der Waals surface area contributed by atoms with Crippen LogP contribution in [0.1, 0.15) is 75.0 Å². The van der Waals surface area contributed by atoms with Crippen molar-refractivity contribution in [2.45, 2.75) is 71.3 Å². The highest BCUT2D eigenvalue weighted by Crippen LogP contribution is 2.41. The Morgan fingerprint density at radius 3 is 2.32 bits per heavy atom. The summed E-state index contributed by atoms with van der Waals surface area (Å²) >= 11 is 0. The van der Waals surface area contributed by atoms with Gasteiger partial charge in [-0.05, 0) is 78.7 Å². The Labute approximate surface area is 277 Å². The van der Waals surface area contributed by atoms with E-state index in [4.69, 9.17) is 4.74 Å². The minimum Gasteiger partial charge on any atom is -0.497 e. The van der Waals surface area contributed by atoms with E-state index in [9.17, 15) is 19.5 Å². The Morgan fingerprint density at radius 2 is 1.68 bits per heavy atom. The van der Waals surface area contributed by atoms with Crippen LogP contribution in [0.5, 0.6) is 5.75 Å². The van der Waals surface area contributed by atoms with Gasteiger partial charge in [-0.2, -0.15) is 0 Å². The van der Waals surface area contributed by atoms with Gasteiger partial charge in [0.05, 0.1) is 20.1 Å². The van der Waals surface area contributed by atoms with E-state index in [1.807, 2.05) is 36.7 Å². The summed E-state index contributed by atoms with van der Waals surface area (Å²) in [5.74, 6) is 1.91. The van der Waals surface area contributed by atoms with Crippen LogP contribution in [0.3, 0.4) is 0 Å². The van der Waals surface area contributed by atoms with Crippen molar-refractivity contribution < 1.29 is 24.2 Å². The highest BCUT2D eigenvalue weighted by Gasteiger charge is 2.28. The summed E-state index contributed by atoms with van der Waals surface area (Å²) in [6.45, 7) is 1.63. The molecule has 248 valence electrons. The molecule has 0 radical (unpaired) electrons. The maximum atomic E-state index is 12.9. The zero-order chi connectivity index (χ0) is 33.2. The van der Waals surface area contributed by atoms with Gasteiger partial charge in [-0.15, -0.1) is 0 Å². The van der Waals surface area contributed by atoms with Gasteiger partial charge in [0, 0.05) is 30.1 Å². The van der Waals surface area contributed by atoms with E-state index >= 15 is 0 Å². The fourth-order valence-corrected chi connectivity index (χ4v) is 6.95. The number of benzene rings is 2. The smallest absolute Gasteiger partial charge is 0.323 e. The normalized spacial score (nSPS) is 19.4. The second kappa shape index (κ2) is 16.3. The van der Waals surface area contributed by atoms with Crippen LogP contribution in [0.15, 0.2) is 67.0 Å². The third-order valence-corrected chi connectivity index (χ3v) is 9.81. The number of methoxy groups -OCH3 is 1. The first-order valence-electron chi connectivity index (χ1n) is 16.8. The number of aliphatic carboxylic acids is 1. The molecular formula is C38H46N4O5. The maximum absolute atomic E-state index is 12.9. The molecule has 0 saturated heterocycles. The van der Waals surface area contributed by atoms with Gasteiger partial charge in [0.15, 0.2) is 5.82 Å². The number of amides is 2. The van der Waals surface area contributed by atoms with Crippen molar-refractivity contribution in [3.8, 4) is 17.1 Å². The molecule has 5 rings (SSSR count). The topological polar surface area (TPSA) is 122 Å². The zero-order valence-corrected chi connectivity index (χ0v) is 27.5. The number of rotatable bonds is 13. The number of carbonyl (C=O) groups excluding carboxylic acids is 2. The van der Waals surface area contributed by atoms with Crippen molar-refractivity contribution in [3.05, 3.63) is 83.7 Å². The van der Waals surface area contributed by atoms with Crippen LogP contribution in [0, 0.1) is 17.8 Å². The van der Waals surface area contributed by atoms with Gasteiger partial charge in [0.25, 0.3) is 0 Å². The molecule has 2 aromatic carbocycles. The average molecular weight is 639 g/mol. The molecule has 2 amide bonds. The van der Waals surface area contributed by atoms with Gasteiger partial charge in [-0.3, -0.25) is 14.4 Å². The van der Waals surface area contributed by atoms with Crippen LogP contribution < -0.4 is 10.1 Å². The molecule has 1 heterocycles. The molecule has 47 heavy (non-hydrogen) atoms. The molecule has 9 nitrogen and oxygen atoms in total. The number of carboxylic acid groups (broad SMARTS) is 1. The van der Waals surface area contributed by atoms with E-state index in [2.05, 4.69) is 28.3 Å². The Balaban J connectivity index is 1.13. The summed E-state index contributed by atoms with van der Waals surface area (Å²) in [5, 5.41) is 12.0. The summed E-state index contributed by atoms with van der Waals surface area (Å²) in [7, 11) is 1.55. The number of nitrogens with zero attached hydrogens (tertiary/aromatic N) is 3. The zero-order valence-electron chi connectivity index (χ0n) is 27.5. The van der Waals surface area contributed by atoms with Gasteiger partial charge in [0.2, 0.25) is 11.8 Å². The van der Waals surface area contributed by atoms with Gasteiger partial charge >= 0.3 is 5.97 Å². The van der Waals surface area contributed by atoms with Gasteiger partial charge in [0.1, 0.15) is 12.3 Å². The van der Waals surface area contributed by atoms with E-state index < -0.39 is 18.4 Å². The van der Waals surface area contributed by atoms with Crippen LogP contribution >= 0.6 is 0 Å². The van der Waals surface area contributed by atoms with Crippen LogP contribution in [0.25, 0.3) is 17.0 Å². The van der Waals surface area contributed by atoms with E-state index in [0.717, 1.165) is 52.8 Å². The largest absolute Gasteiger partial charge is 0.497 e. The number of hydrogen-bond acceptors (Lipinski definition) is 6. The number of nitrogens with one attached hydrogen (secondary N) is 1. The first kappa shape index (κ1) is 33.8. The molecule has 0 bridgehead atoms. The second-order valence-electron chi connectivity index (χ2n) is 12.9. The molecule has 1 atom stereocenters. The fraction of sp³-hybridized carbons (Fsp3) is 0.447. The highest BCUT2D eigenvalue weighted by atomic mass is 16.5. The molecule has 2 aliphatic rings. The molecule has 1 saturated carbocycles. The molecule has 1 aromatic heterocycles. The van der Waals surface area contributed by atoms with Crippen molar-refractivity contribution in [1.82, 2.24) is 20.2 Å². The molecule has 2 aliphatic carbocycles. The lowest BCUT2D eigenvalue weighted by atomic mass is 9.71. The molecule has 0 aliphatic heterocycles. The van der Waals surface area contributed by atoms with E-state index in [1.165, 1.54) is 49.0 Å². The summed E-state index contributed by atoms with van der Waals surface area (Å²) in [5.41, 5.74) is 4.76. The minimum atomic E-state index is -1.13. The summed E-state index contributed by atoms with van der Waals surface area (Å²) < 4.78 is 5.19. The van der Waals surface area contributed by atoms with E-state index in [1.54, 1.807) is 31.4 Å². The van der Waals surface area contributed by atoms with Crippen LogP contribution in [-0.4, -0.2) is 58.0 Å². The Morgan fingerprint density at radius 1 is 0.936 bits per heavy atom. The number of allylic oxidation sites excluding steroid dienone is 2. The third-order valence-electron chi connectivity index (χ3n) is 9.81. The maximum Gasteiger partial charge on any atom is 0.323 e. The van der Waals surface area contributed by atoms with Gasteiger partial charge < -0.3 is 20.1 Å². The number of aromatic nitrogens is 2. The van der Waals surface area contributed by atoms with Gasteiger partial charge in [-0.1, -0.05) is 68.7 Å². The molecule has 9 heteroatoms. The van der Waals surface area contributed by atoms with Crippen molar-refractivity contribution in [1.29, 1.82) is 0 Å². The van der Waals surface area contributed by atoms with Crippen molar-refractivity contribution >= 4 is 23.4 Å². The lowest BCUT2D eigenvalue weighted by Gasteiger charge is -2.35. The standard InChI is InChI=1S/C38H46N4O5/c1-3-26-7-11-29(12-8-26)30-15-17-31(18-16-30)33-21-40-38(41-22-33)32-13-9-27(10-14-32)24-42(25-37(45)46)36(44)23-39-35(43)20-28-5-4-6-34(19-28)47-2/h4-6,9-10,13-14,17,19,21-22,26,29-30H,3,7-8,11-12,15-16,18,20,23-25H2,1-2H3,(H,39,43)(H,45,46).